The zero-order valence-corrected chi connectivity index (χ0v) is 14.9. The highest BCUT2D eigenvalue weighted by Gasteiger charge is 2.25. The van der Waals surface area contributed by atoms with E-state index in [0.29, 0.717) is 28.8 Å². The van der Waals surface area contributed by atoms with Crippen molar-refractivity contribution < 1.29 is 4.79 Å². The molecule has 0 atom stereocenters. The quantitative estimate of drug-likeness (QED) is 0.478. The van der Waals surface area contributed by atoms with Gasteiger partial charge in [-0.3, -0.25) is 10.2 Å². The molecule has 1 amide bonds. The highest BCUT2D eigenvalue weighted by atomic mass is 35.5. The molecule has 3 N–H and O–H groups in total. The summed E-state index contributed by atoms with van der Waals surface area (Å²) in [6.45, 7) is 2.82. The molecular weight excluding hydrogens is 357 g/mol. The first-order valence-electron chi connectivity index (χ1n) is 6.95. The van der Waals surface area contributed by atoms with Gasteiger partial charge in [-0.15, -0.1) is 0 Å². The van der Waals surface area contributed by atoms with Crippen molar-refractivity contribution in [2.75, 3.05) is 38.7 Å². The summed E-state index contributed by atoms with van der Waals surface area (Å²) in [5.74, 6) is -0.289. The van der Waals surface area contributed by atoms with Crippen LogP contribution in [-0.2, 0) is 4.79 Å². The Morgan fingerprint density at radius 3 is 2.52 bits per heavy atom. The maximum Gasteiger partial charge on any atom is 0.277 e. The van der Waals surface area contributed by atoms with Crippen LogP contribution in [-0.4, -0.2) is 59.6 Å². The summed E-state index contributed by atoms with van der Waals surface area (Å²) in [6, 6.07) is 4.89. The average Bonchev–Trinajstić information content (AvgIpc) is 2.49. The Balaban J connectivity index is 2.14. The lowest BCUT2D eigenvalue weighted by Crippen LogP contribution is -2.51. The number of carbonyl (C=O) groups is 1. The van der Waals surface area contributed by atoms with Gasteiger partial charge in [0.1, 0.15) is 4.99 Å². The van der Waals surface area contributed by atoms with Crippen LogP contribution in [0.3, 0.4) is 0 Å². The van der Waals surface area contributed by atoms with Gasteiger partial charge in [0.05, 0.1) is 10.7 Å². The second kappa shape index (κ2) is 7.92. The summed E-state index contributed by atoms with van der Waals surface area (Å²) in [5, 5.41) is 4.94. The van der Waals surface area contributed by atoms with Crippen LogP contribution in [0, 0.1) is 0 Å². The molecule has 6 nitrogen and oxygen atoms in total. The molecule has 9 heteroatoms. The molecule has 0 aliphatic carbocycles. The number of thiocarbonyl (C=S) groups is 1. The third-order valence-corrected chi connectivity index (χ3v) is 4.19. The predicted octanol–water partition coefficient (Wildman–Crippen LogP) is 1.82. The van der Waals surface area contributed by atoms with Gasteiger partial charge in [0, 0.05) is 31.2 Å². The van der Waals surface area contributed by atoms with E-state index in [2.05, 4.69) is 15.4 Å². The number of nitrogens with zero attached hydrogens (tertiary/aromatic N) is 3. The fourth-order valence-electron chi connectivity index (χ4n) is 2.06. The molecule has 1 aromatic rings. The summed E-state index contributed by atoms with van der Waals surface area (Å²) >= 11 is 16.8. The van der Waals surface area contributed by atoms with E-state index in [4.69, 9.17) is 41.2 Å². The highest BCUT2D eigenvalue weighted by Crippen LogP contribution is 2.25. The number of amides is 1. The molecule has 0 aromatic heterocycles. The van der Waals surface area contributed by atoms with Crippen LogP contribution in [0.4, 0.5) is 5.69 Å². The van der Waals surface area contributed by atoms with Gasteiger partial charge in [-0.05, 0) is 25.2 Å². The maximum atomic E-state index is 12.5. The molecule has 1 aliphatic heterocycles. The van der Waals surface area contributed by atoms with Crippen molar-refractivity contribution >= 4 is 57.7 Å². The Morgan fingerprint density at radius 2 is 1.96 bits per heavy atom. The molecule has 0 radical (unpaired) electrons. The van der Waals surface area contributed by atoms with E-state index in [1.54, 1.807) is 23.1 Å². The number of halogens is 2. The van der Waals surface area contributed by atoms with Gasteiger partial charge in [-0.1, -0.05) is 35.4 Å². The first kappa shape index (κ1) is 17.9. The van der Waals surface area contributed by atoms with Crippen molar-refractivity contribution in [3.8, 4) is 0 Å². The molecule has 2 rings (SSSR count). The Bertz CT molecular complexity index is 644. The minimum Gasteiger partial charge on any atom is -0.388 e. The Kier molecular flexibility index (Phi) is 6.17. The Hall–Kier alpha value is -1.41. The molecule has 124 valence electrons. The topological polar surface area (TPSA) is 74.0 Å². The van der Waals surface area contributed by atoms with Crippen molar-refractivity contribution in [2.45, 2.75) is 0 Å². The van der Waals surface area contributed by atoms with Gasteiger partial charge < -0.3 is 15.5 Å². The number of hydrogen-bond acceptors (Lipinski definition) is 5. The second-order valence-electron chi connectivity index (χ2n) is 5.16. The summed E-state index contributed by atoms with van der Waals surface area (Å²) in [6.07, 6.45) is 0. The van der Waals surface area contributed by atoms with Gasteiger partial charge in [0.25, 0.3) is 5.91 Å². The van der Waals surface area contributed by atoms with Crippen LogP contribution in [0.2, 0.25) is 10.0 Å². The molecule has 0 saturated carbocycles. The number of carbonyl (C=O) groups excluding carboxylic acids is 1. The van der Waals surface area contributed by atoms with Crippen LogP contribution in [0.25, 0.3) is 0 Å². The van der Waals surface area contributed by atoms with Gasteiger partial charge in [0.15, 0.2) is 5.71 Å². The molecule has 23 heavy (non-hydrogen) atoms. The fourth-order valence-corrected chi connectivity index (χ4v) is 2.65. The Morgan fingerprint density at radius 1 is 1.30 bits per heavy atom. The van der Waals surface area contributed by atoms with Gasteiger partial charge in [-0.2, -0.15) is 5.10 Å². The normalized spacial score (nSPS) is 16.3. The van der Waals surface area contributed by atoms with Gasteiger partial charge in [-0.25, -0.2) is 0 Å². The monoisotopic (exact) mass is 373 g/mol. The van der Waals surface area contributed by atoms with Crippen molar-refractivity contribution in [1.82, 2.24) is 9.80 Å². The minimum absolute atomic E-state index is 0.00979. The van der Waals surface area contributed by atoms with Crippen LogP contribution in [0.15, 0.2) is 23.3 Å². The molecular formula is C14H17Cl2N5OS. The number of benzene rings is 1. The van der Waals surface area contributed by atoms with Crippen LogP contribution in [0.5, 0.6) is 0 Å². The van der Waals surface area contributed by atoms with E-state index >= 15 is 0 Å². The number of rotatable bonds is 4. The zero-order chi connectivity index (χ0) is 17.0. The predicted molar refractivity (Wildman–Crippen MR) is 98.4 cm³/mol. The molecule has 1 aliphatic rings. The molecule has 1 saturated heterocycles. The number of nitrogens with one attached hydrogen (secondary N) is 1. The number of hydrogen-bond donors (Lipinski definition) is 2. The summed E-state index contributed by atoms with van der Waals surface area (Å²) in [5.41, 5.74) is 8.89. The molecule has 0 bridgehead atoms. The third kappa shape index (κ3) is 4.78. The molecule has 0 spiro atoms. The third-order valence-electron chi connectivity index (χ3n) is 3.45. The van der Waals surface area contributed by atoms with E-state index in [9.17, 15) is 4.79 Å². The van der Waals surface area contributed by atoms with E-state index in [1.165, 1.54) is 0 Å². The number of hydrazone groups is 1. The molecule has 1 aromatic carbocycles. The number of likely N-dealkylation sites (N-methyl/N-ethyl adjacent to an activating group) is 1. The van der Waals surface area contributed by atoms with Crippen molar-refractivity contribution in [3.05, 3.63) is 28.2 Å². The first-order valence-corrected chi connectivity index (χ1v) is 8.11. The smallest absolute Gasteiger partial charge is 0.277 e. The Labute approximate surface area is 150 Å². The van der Waals surface area contributed by atoms with E-state index in [0.717, 1.165) is 13.1 Å². The SMILES string of the molecule is CN1CCN(C(=O)C(=NNc2ccc(Cl)cc2Cl)C(N)=S)CC1. The van der Waals surface area contributed by atoms with Crippen LogP contribution in [0.1, 0.15) is 0 Å². The van der Waals surface area contributed by atoms with E-state index in [-0.39, 0.29) is 16.6 Å². The summed E-state index contributed by atoms with van der Waals surface area (Å²) in [4.78, 5) is 16.3. The van der Waals surface area contributed by atoms with Gasteiger partial charge in [0.2, 0.25) is 0 Å². The summed E-state index contributed by atoms with van der Waals surface area (Å²) in [7, 11) is 2.01. The first-order chi connectivity index (χ1) is 10.9. The minimum atomic E-state index is -0.289. The van der Waals surface area contributed by atoms with E-state index < -0.39 is 0 Å². The van der Waals surface area contributed by atoms with Crippen molar-refractivity contribution in [2.24, 2.45) is 10.8 Å². The molecule has 1 fully saturated rings. The van der Waals surface area contributed by atoms with Gasteiger partial charge >= 0.3 is 0 Å². The fraction of sp³-hybridized carbons (Fsp3) is 0.357. The number of piperazine rings is 1. The standard InChI is InChI=1S/C14H17Cl2N5OS/c1-20-4-6-21(7-5-20)14(22)12(13(17)23)19-18-11-3-2-9(15)8-10(11)16/h2-3,8,18H,4-7H2,1H3,(H2,17,23). The average molecular weight is 374 g/mol. The maximum absolute atomic E-state index is 12.5. The molecule has 0 unspecified atom stereocenters. The van der Waals surface area contributed by atoms with E-state index in [1.807, 2.05) is 7.05 Å². The molecule has 1 heterocycles. The lowest BCUT2D eigenvalue weighted by molar-refractivity contribution is -0.125. The number of nitrogens with two attached hydrogens (primary N) is 1. The van der Waals surface area contributed by atoms with Crippen molar-refractivity contribution in [3.63, 3.8) is 0 Å². The van der Waals surface area contributed by atoms with Crippen LogP contribution < -0.4 is 11.2 Å². The largest absolute Gasteiger partial charge is 0.388 e. The lowest BCUT2D eigenvalue weighted by Gasteiger charge is -2.32. The zero-order valence-electron chi connectivity index (χ0n) is 12.6. The van der Waals surface area contributed by atoms with Crippen LogP contribution >= 0.6 is 35.4 Å². The van der Waals surface area contributed by atoms with Crippen molar-refractivity contribution in [1.29, 1.82) is 0 Å². The number of anilines is 1. The summed E-state index contributed by atoms with van der Waals surface area (Å²) < 4.78 is 0. The highest BCUT2D eigenvalue weighted by molar-refractivity contribution is 7.82. The second-order valence-corrected chi connectivity index (χ2v) is 6.44. The lowest BCUT2D eigenvalue weighted by atomic mass is 10.2.